The van der Waals surface area contributed by atoms with Gasteiger partial charge >= 0.3 is 5.97 Å². The first kappa shape index (κ1) is 15.0. The van der Waals surface area contributed by atoms with E-state index in [0.29, 0.717) is 5.92 Å². The second-order valence-corrected chi connectivity index (χ2v) is 9.55. The van der Waals surface area contributed by atoms with Crippen LogP contribution in [0.4, 0.5) is 0 Å². The lowest BCUT2D eigenvalue weighted by molar-refractivity contribution is -0.142. The third-order valence-electron chi connectivity index (χ3n) is 6.82. The maximum Gasteiger partial charge on any atom is 0.319 e. The van der Waals surface area contributed by atoms with Gasteiger partial charge in [0.25, 0.3) is 0 Å². The number of benzene rings is 1. The fourth-order valence-corrected chi connectivity index (χ4v) is 5.15. The van der Waals surface area contributed by atoms with E-state index in [4.69, 9.17) is 4.74 Å². The minimum atomic E-state index is -0.145. The zero-order chi connectivity index (χ0) is 16.9. The molecule has 1 heterocycles. The summed E-state index contributed by atoms with van der Waals surface area (Å²) in [4.78, 5) is 12.8. The van der Waals surface area contributed by atoms with Crippen LogP contribution >= 0.6 is 0 Å². The van der Waals surface area contributed by atoms with E-state index in [-0.39, 0.29) is 28.1 Å². The summed E-state index contributed by atoms with van der Waals surface area (Å²) in [6, 6.07) is 6.20. The smallest absolute Gasteiger partial charge is 0.319 e. The molecule has 1 aromatic rings. The van der Waals surface area contributed by atoms with E-state index in [1.807, 2.05) is 12.1 Å². The second kappa shape index (κ2) is 3.91. The topological polar surface area (TPSA) is 26.3 Å². The van der Waals surface area contributed by atoms with Crippen LogP contribution in [-0.2, 0) is 4.79 Å². The molecule has 2 nitrogen and oxygen atoms in total. The number of rotatable bonds is 0. The number of allylic oxidation sites excluding steroid dienone is 1. The summed E-state index contributed by atoms with van der Waals surface area (Å²) in [5, 5.41) is 0. The molecule has 0 spiro atoms. The Hall–Kier alpha value is -1.57. The molecular formula is C21H26O2. The first-order valence-corrected chi connectivity index (χ1v) is 8.59. The Bertz CT molecular complexity index is 772. The molecule has 23 heavy (non-hydrogen) atoms. The van der Waals surface area contributed by atoms with Crippen molar-refractivity contribution in [3.05, 3.63) is 34.9 Å². The number of carbonyl (C=O) groups is 1. The third kappa shape index (κ3) is 1.53. The predicted octanol–water partition coefficient (Wildman–Crippen LogP) is 5.18. The molecule has 0 bridgehead atoms. The van der Waals surface area contributed by atoms with Crippen LogP contribution in [0.2, 0.25) is 0 Å². The first-order valence-electron chi connectivity index (χ1n) is 8.59. The average molecular weight is 310 g/mol. The molecular weight excluding hydrogens is 284 g/mol. The summed E-state index contributed by atoms with van der Waals surface area (Å²) in [7, 11) is 0. The fraction of sp³-hybridized carbons (Fsp3) is 0.571. The number of carbonyl (C=O) groups excluding carboxylic acids is 1. The lowest BCUT2D eigenvalue weighted by Crippen LogP contribution is -2.43. The van der Waals surface area contributed by atoms with Crippen molar-refractivity contribution in [2.75, 3.05) is 0 Å². The molecule has 0 saturated heterocycles. The highest BCUT2D eigenvalue weighted by molar-refractivity contribution is 6.02. The van der Waals surface area contributed by atoms with Crippen molar-refractivity contribution in [3.63, 3.8) is 0 Å². The summed E-state index contributed by atoms with van der Waals surface area (Å²) in [5.41, 5.74) is 5.25. The lowest BCUT2D eigenvalue weighted by atomic mass is 9.58. The van der Waals surface area contributed by atoms with Crippen LogP contribution in [-0.4, -0.2) is 5.97 Å². The van der Waals surface area contributed by atoms with Crippen LogP contribution in [0.1, 0.15) is 65.5 Å². The van der Waals surface area contributed by atoms with E-state index >= 15 is 0 Å². The molecule has 4 rings (SSSR count). The van der Waals surface area contributed by atoms with Crippen molar-refractivity contribution in [3.8, 4) is 5.75 Å². The van der Waals surface area contributed by atoms with Crippen LogP contribution in [0.15, 0.2) is 23.8 Å². The van der Waals surface area contributed by atoms with Gasteiger partial charge in [-0.3, -0.25) is 4.79 Å². The standard InChI is InChI=1S/C21H26O2/c1-19(2,3)15-11-9-8-10-12-13(11)14-16(15)20(4,5)21(6,7)17(14)18(22)23-12/h8-10,15,17H,1-7H3/t15-,17-/m0/s1. The van der Waals surface area contributed by atoms with Crippen LogP contribution in [0.5, 0.6) is 5.75 Å². The minimum Gasteiger partial charge on any atom is -0.425 e. The summed E-state index contributed by atoms with van der Waals surface area (Å²) in [6.45, 7) is 16.0. The van der Waals surface area contributed by atoms with E-state index in [9.17, 15) is 4.79 Å². The molecule has 0 fully saturated rings. The van der Waals surface area contributed by atoms with Gasteiger partial charge in [-0.1, -0.05) is 66.2 Å². The number of ether oxygens (including phenoxy) is 1. The quantitative estimate of drug-likeness (QED) is 0.487. The van der Waals surface area contributed by atoms with Gasteiger partial charge in [0.15, 0.2) is 0 Å². The number of esters is 1. The van der Waals surface area contributed by atoms with Crippen LogP contribution in [0.3, 0.4) is 0 Å². The van der Waals surface area contributed by atoms with E-state index in [1.54, 1.807) is 0 Å². The van der Waals surface area contributed by atoms with Crippen molar-refractivity contribution in [1.29, 1.82) is 0 Å². The van der Waals surface area contributed by atoms with Gasteiger partial charge < -0.3 is 4.74 Å². The van der Waals surface area contributed by atoms with Crippen molar-refractivity contribution in [1.82, 2.24) is 0 Å². The van der Waals surface area contributed by atoms with E-state index in [2.05, 4.69) is 54.5 Å². The van der Waals surface area contributed by atoms with Crippen molar-refractivity contribution in [2.45, 2.75) is 54.4 Å². The fourth-order valence-electron chi connectivity index (χ4n) is 5.15. The highest BCUT2D eigenvalue weighted by Crippen LogP contribution is 2.72. The summed E-state index contributed by atoms with van der Waals surface area (Å²) in [6.07, 6.45) is 0. The molecule has 2 atom stereocenters. The molecule has 122 valence electrons. The van der Waals surface area contributed by atoms with Crippen LogP contribution < -0.4 is 4.74 Å². The van der Waals surface area contributed by atoms with Gasteiger partial charge in [0.1, 0.15) is 5.75 Å². The molecule has 0 N–H and O–H groups in total. The first-order chi connectivity index (χ1) is 10.5. The Balaban J connectivity index is 2.12. The van der Waals surface area contributed by atoms with Gasteiger partial charge in [-0.25, -0.2) is 0 Å². The molecule has 0 radical (unpaired) electrons. The van der Waals surface area contributed by atoms with Crippen molar-refractivity contribution in [2.24, 2.45) is 22.2 Å². The number of hydrogen-bond donors (Lipinski definition) is 0. The largest absolute Gasteiger partial charge is 0.425 e. The highest BCUT2D eigenvalue weighted by Gasteiger charge is 2.64. The maximum atomic E-state index is 12.8. The van der Waals surface area contributed by atoms with Crippen LogP contribution in [0, 0.1) is 22.2 Å². The Labute approximate surface area is 138 Å². The summed E-state index contributed by atoms with van der Waals surface area (Å²) >= 11 is 0. The second-order valence-electron chi connectivity index (χ2n) is 9.55. The van der Waals surface area contributed by atoms with E-state index in [0.717, 1.165) is 5.75 Å². The lowest BCUT2D eigenvalue weighted by Gasteiger charge is -2.46. The highest BCUT2D eigenvalue weighted by atomic mass is 16.5. The Morgan fingerprint density at radius 2 is 1.74 bits per heavy atom. The Kier molecular flexibility index (Phi) is 2.55. The molecule has 1 aliphatic heterocycles. The zero-order valence-electron chi connectivity index (χ0n) is 15.2. The minimum absolute atomic E-state index is 0.0371. The molecule has 2 aliphatic carbocycles. The molecule has 3 aliphatic rings. The maximum absolute atomic E-state index is 12.8. The number of hydrogen-bond acceptors (Lipinski definition) is 2. The average Bonchev–Trinajstić information content (AvgIpc) is 2.81. The molecule has 0 amide bonds. The van der Waals surface area contributed by atoms with E-state index < -0.39 is 0 Å². The molecule has 0 unspecified atom stereocenters. The molecule has 2 heteroatoms. The van der Waals surface area contributed by atoms with Gasteiger partial charge in [-0.2, -0.15) is 0 Å². The molecule has 0 aromatic heterocycles. The van der Waals surface area contributed by atoms with Gasteiger partial charge in [0.05, 0.1) is 5.92 Å². The third-order valence-corrected chi connectivity index (χ3v) is 6.82. The predicted molar refractivity (Wildman–Crippen MR) is 92.2 cm³/mol. The van der Waals surface area contributed by atoms with Gasteiger partial charge in [0.2, 0.25) is 0 Å². The SMILES string of the molecule is CC(C)(C)[C@@H]1C2=C3c4c(cccc41)OC(=O)[C@H]3C(C)(C)C2(C)C. The molecule has 1 aromatic carbocycles. The Morgan fingerprint density at radius 3 is 2.35 bits per heavy atom. The van der Waals surface area contributed by atoms with Crippen molar-refractivity contribution < 1.29 is 9.53 Å². The summed E-state index contributed by atoms with van der Waals surface area (Å²) in [5.74, 6) is 0.888. The molecule has 0 saturated carbocycles. The van der Waals surface area contributed by atoms with Crippen LogP contribution in [0.25, 0.3) is 5.57 Å². The van der Waals surface area contributed by atoms with Crippen molar-refractivity contribution >= 4 is 11.5 Å². The van der Waals surface area contributed by atoms with Gasteiger partial charge in [-0.15, -0.1) is 0 Å². The summed E-state index contributed by atoms with van der Waals surface area (Å²) < 4.78 is 5.77. The Morgan fingerprint density at radius 1 is 1.09 bits per heavy atom. The van der Waals surface area contributed by atoms with Gasteiger partial charge in [-0.05, 0) is 33.4 Å². The monoisotopic (exact) mass is 310 g/mol. The normalized spacial score (nSPS) is 29.6. The van der Waals surface area contributed by atoms with Gasteiger partial charge in [0, 0.05) is 11.5 Å². The van der Waals surface area contributed by atoms with E-state index in [1.165, 1.54) is 22.3 Å². The zero-order valence-corrected chi connectivity index (χ0v) is 15.2.